The fourth-order valence-corrected chi connectivity index (χ4v) is 6.21. The van der Waals surface area contributed by atoms with E-state index >= 15 is 0 Å². The smallest absolute Gasteiger partial charge is 0.248 e. The topological polar surface area (TPSA) is 42.8 Å². The third-order valence-corrected chi connectivity index (χ3v) is 8.68. The zero-order chi connectivity index (χ0) is 27.6. The molecule has 2 atom stereocenters. The van der Waals surface area contributed by atoms with Gasteiger partial charge in [-0.2, -0.15) is 4.57 Å². The summed E-state index contributed by atoms with van der Waals surface area (Å²) in [5.74, 6) is 1.05. The fourth-order valence-electron chi connectivity index (χ4n) is 6.21. The molecule has 0 saturated carbocycles. The average molecular weight is 519 g/mol. The number of benzene rings is 2. The van der Waals surface area contributed by atoms with E-state index in [1.807, 2.05) is 6.08 Å². The standard InChI is InChI=1S/C35H40N3O/c1-7-11-13-22-34(5,6)27-19-16-25(17-20-27)32-36-37-33(39-32)26-18-21-29-28(24-26)30-15-12-14-23-38(30)31(8-2)35(29,9-3)10-4/h8-9,12,14-21,23-24,31H,2-3,7,10-11,13,22H2,1,4-6H3/q+1. The Bertz CT molecular complexity index is 1480. The Balaban J connectivity index is 1.48. The van der Waals surface area contributed by atoms with Gasteiger partial charge in [-0.05, 0) is 65.8 Å². The molecule has 4 aromatic rings. The first kappa shape index (κ1) is 26.8. The highest BCUT2D eigenvalue weighted by molar-refractivity contribution is 5.73. The van der Waals surface area contributed by atoms with Crippen LogP contribution in [0.4, 0.5) is 0 Å². The van der Waals surface area contributed by atoms with Gasteiger partial charge in [0, 0.05) is 23.3 Å². The number of unbranched alkanes of at least 4 members (excludes halogenated alkanes) is 2. The summed E-state index contributed by atoms with van der Waals surface area (Å²) < 4.78 is 8.52. The lowest BCUT2D eigenvalue weighted by Gasteiger charge is -2.38. The van der Waals surface area contributed by atoms with E-state index in [0.29, 0.717) is 11.8 Å². The minimum atomic E-state index is -0.249. The quantitative estimate of drug-likeness (QED) is 0.120. The predicted octanol–water partition coefficient (Wildman–Crippen LogP) is 8.79. The van der Waals surface area contributed by atoms with Crippen LogP contribution in [0, 0.1) is 0 Å². The van der Waals surface area contributed by atoms with E-state index < -0.39 is 0 Å². The molecule has 3 heterocycles. The summed E-state index contributed by atoms with van der Waals surface area (Å²) in [7, 11) is 0. The summed E-state index contributed by atoms with van der Waals surface area (Å²) in [4.78, 5) is 0. The van der Waals surface area contributed by atoms with E-state index in [9.17, 15) is 0 Å². The molecule has 1 aliphatic heterocycles. The third-order valence-electron chi connectivity index (χ3n) is 8.68. The van der Waals surface area contributed by atoms with E-state index in [1.165, 1.54) is 36.8 Å². The number of fused-ring (bicyclic) bond motifs is 3. The SMILES string of the molecule is C=CC1[n+]2ccccc2-c2cc(-c3nnc(-c4ccc(C(C)(C)CCCCC)cc4)o3)ccc2C1(C=C)CC. The number of rotatable bonds is 10. The van der Waals surface area contributed by atoms with Crippen LogP contribution in [0.3, 0.4) is 0 Å². The first-order valence-electron chi connectivity index (χ1n) is 14.2. The molecule has 0 fully saturated rings. The van der Waals surface area contributed by atoms with Gasteiger partial charge < -0.3 is 4.42 Å². The third kappa shape index (κ3) is 4.67. The normalized spacial score (nSPS) is 18.3. The molecular formula is C35H40N3O+. The highest BCUT2D eigenvalue weighted by atomic mass is 16.4. The van der Waals surface area contributed by atoms with Gasteiger partial charge in [-0.15, -0.1) is 16.8 Å². The Hall–Kier alpha value is -3.79. The number of hydrogen-bond acceptors (Lipinski definition) is 3. The molecule has 0 spiro atoms. The van der Waals surface area contributed by atoms with Gasteiger partial charge in [-0.1, -0.05) is 77.8 Å². The van der Waals surface area contributed by atoms with Crippen molar-refractivity contribution < 1.29 is 8.98 Å². The predicted molar refractivity (Wildman–Crippen MR) is 159 cm³/mol. The van der Waals surface area contributed by atoms with Crippen LogP contribution < -0.4 is 4.57 Å². The van der Waals surface area contributed by atoms with Gasteiger partial charge in [0.1, 0.15) is 0 Å². The van der Waals surface area contributed by atoms with Gasteiger partial charge in [0.15, 0.2) is 12.2 Å². The van der Waals surface area contributed by atoms with E-state index in [4.69, 9.17) is 4.42 Å². The molecule has 4 nitrogen and oxygen atoms in total. The van der Waals surface area contributed by atoms with Crippen molar-refractivity contribution in [1.82, 2.24) is 10.2 Å². The maximum absolute atomic E-state index is 6.22. The van der Waals surface area contributed by atoms with E-state index in [1.54, 1.807) is 0 Å². The van der Waals surface area contributed by atoms with Crippen molar-refractivity contribution in [2.75, 3.05) is 0 Å². The zero-order valence-electron chi connectivity index (χ0n) is 23.8. The van der Waals surface area contributed by atoms with Gasteiger partial charge in [0.05, 0.1) is 11.0 Å². The van der Waals surface area contributed by atoms with Crippen LogP contribution in [0.15, 0.2) is 96.6 Å². The van der Waals surface area contributed by atoms with Gasteiger partial charge >= 0.3 is 0 Å². The zero-order valence-corrected chi connectivity index (χ0v) is 23.8. The summed E-state index contributed by atoms with van der Waals surface area (Å²) in [5.41, 5.74) is 6.62. The monoisotopic (exact) mass is 518 g/mol. The molecule has 39 heavy (non-hydrogen) atoms. The number of allylic oxidation sites excluding steroid dienone is 2. The lowest BCUT2D eigenvalue weighted by Crippen LogP contribution is -2.54. The molecule has 5 rings (SSSR count). The molecule has 0 amide bonds. The molecule has 0 aliphatic carbocycles. The Labute approximate surface area is 233 Å². The molecule has 4 heteroatoms. The molecule has 0 bridgehead atoms. The fraction of sp³-hybridized carbons (Fsp3) is 0.343. The Morgan fingerprint density at radius 2 is 1.67 bits per heavy atom. The Morgan fingerprint density at radius 3 is 2.33 bits per heavy atom. The average Bonchev–Trinajstić information content (AvgIpc) is 3.47. The summed E-state index contributed by atoms with van der Waals surface area (Å²) in [6.07, 6.45) is 12.1. The lowest BCUT2D eigenvalue weighted by atomic mass is 9.67. The second kappa shape index (κ2) is 10.8. The van der Waals surface area contributed by atoms with Crippen LogP contribution in [0.2, 0.25) is 0 Å². The first-order chi connectivity index (χ1) is 18.9. The second-order valence-electron chi connectivity index (χ2n) is 11.4. The maximum Gasteiger partial charge on any atom is 0.248 e. The summed E-state index contributed by atoms with van der Waals surface area (Å²) in [5, 5.41) is 8.84. The minimum absolute atomic E-state index is 0.0872. The maximum atomic E-state index is 6.22. The molecule has 0 N–H and O–H groups in total. The van der Waals surface area contributed by atoms with Crippen molar-refractivity contribution in [2.24, 2.45) is 0 Å². The highest BCUT2D eigenvalue weighted by Gasteiger charge is 2.47. The largest absolute Gasteiger partial charge is 0.416 e. The molecule has 1 aliphatic rings. The minimum Gasteiger partial charge on any atom is -0.416 e. The number of pyridine rings is 1. The van der Waals surface area contributed by atoms with Crippen LogP contribution in [0.1, 0.15) is 77.0 Å². The highest BCUT2D eigenvalue weighted by Crippen LogP contribution is 2.47. The van der Waals surface area contributed by atoms with Crippen LogP contribution in [0.25, 0.3) is 34.2 Å². The van der Waals surface area contributed by atoms with Crippen molar-refractivity contribution >= 4 is 0 Å². The molecule has 2 aromatic carbocycles. The van der Waals surface area contributed by atoms with Crippen LogP contribution in [-0.4, -0.2) is 10.2 Å². The van der Waals surface area contributed by atoms with E-state index in [-0.39, 0.29) is 16.9 Å². The van der Waals surface area contributed by atoms with Crippen molar-refractivity contribution in [3.05, 3.63) is 103 Å². The lowest BCUT2D eigenvalue weighted by molar-refractivity contribution is -0.711. The summed E-state index contributed by atoms with van der Waals surface area (Å²) >= 11 is 0. The summed E-state index contributed by atoms with van der Waals surface area (Å²) in [6.45, 7) is 17.5. The second-order valence-corrected chi connectivity index (χ2v) is 11.4. The van der Waals surface area contributed by atoms with Gasteiger partial charge in [-0.3, -0.25) is 0 Å². The van der Waals surface area contributed by atoms with Gasteiger partial charge in [0.2, 0.25) is 17.5 Å². The number of nitrogens with zero attached hydrogens (tertiary/aromatic N) is 3. The summed E-state index contributed by atoms with van der Waals surface area (Å²) in [6, 6.07) is 21.5. The van der Waals surface area contributed by atoms with Crippen molar-refractivity contribution in [2.45, 2.75) is 76.7 Å². The molecule has 2 unspecified atom stereocenters. The Morgan fingerprint density at radius 1 is 0.949 bits per heavy atom. The molecule has 0 saturated heterocycles. The van der Waals surface area contributed by atoms with Crippen LogP contribution in [0.5, 0.6) is 0 Å². The van der Waals surface area contributed by atoms with E-state index in [0.717, 1.165) is 28.8 Å². The number of aromatic nitrogens is 3. The van der Waals surface area contributed by atoms with E-state index in [2.05, 4.69) is 129 Å². The molecular weight excluding hydrogens is 478 g/mol. The van der Waals surface area contributed by atoms with Crippen molar-refractivity contribution in [3.63, 3.8) is 0 Å². The first-order valence-corrected chi connectivity index (χ1v) is 14.2. The molecule has 0 radical (unpaired) electrons. The molecule has 200 valence electrons. The molecule has 2 aromatic heterocycles. The number of hydrogen-bond donors (Lipinski definition) is 0. The van der Waals surface area contributed by atoms with Crippen molar-refractivity contribution in [1.29, 1.82) is 0 Å². The van der Waals surface area contributed by atoms with Crippen molar-refractivity contribution in [3.8, 4) is 34.2 Å². The van der Waals surface area contributed by atoms with Crippen LogP contribution in [-0.2, 0) is 10.8 Å². The van der Waals surface area contributed by atoms with Crippen LogP contribution >= 0.6 is 0 Å². The van der Waals surface area contributed by atoms with Gasteiger partial charge in [0.25, 0.3) is 0 Å². The Kier molecular flexibility index (Phi) is 7.40. The van der Waals surface area contributed by atoms with Gasteiger partial charge in [-0.25, -0.2) is 0 Å².